The molecule has 0 aliphatic rings. The molecule has 0 N–H and O–H groups in total. The van der Waals surface area contributed by atoms with Crippen LogP contribution < -0.4 is 0 Å². The fraction of sp³-hybridized carbons (Fsp3) is 0. The quantitative estimate of drug-likeness (QED) is 0.469. The van der Waals surface area contributed by atoms with Crippen molar-refractivity contribution in [1.29, 1.82) is 0 Å². The number of aromatic nitrogens is 1. The van der Waals surface area contributed by atoms with E-state index in [9.17, 15) is 0 Å². The van der Waals surface area contributed by atoms with Crippen LogP contribution in [-0.2, 0) is 0 Å². The van der Waals surface area contributed by atoms with Gasteiger partial charge in [0.25, 0.3) is 0 Å². The molecule has 0 fully saturated rings. The maximum Gasteiger partial charge on any atom is 0.225 e. The molecule has 1 rings (SSSR count). The zero-order valence-electron chi connectivity index (χ0n) is 5.11. The molecule has 0 aliphatic carbocycles. The first-order valence-electron chi connectivity index (χ1n) is 2.54. The van der Waals surface area contributed by atoms with Crippen molar-refractivity contribution in [2.45, 2.75) is 0 Å². The van der Waals surface area contributed by atoms with Crippen molar-refractivity contribution in [2.75, 3.05) is 0 Å². The molecule has 0 aromatic carbocycles. The van der Waals surface area contributed by atoms with Crippen molar-refractivity contribution >= 4 is 40.5 Å². The summed E-state index contributed by atoms with van der Waals surface area (Å²) in [5.41, 5.74) is 0.209. The van der Waals surface area contributed by atoms with Crippen LogP contribution in [0.25, 0.3) is 4.85 Å². The highest BCUT2D eigenvalue weighted by Gasteiger charge is 2.05. The van der Waals surface area contributed by atoms with Crippen molar-refractivity contribution in [3.63, 3.8) is 0 Å². The monoisotopic (exact) mass is 206 g/mol. The van der Waals surface area contributed by atoms with E-state index in [1.807, 2.05) is 0 Å². The number of nitrogens with zero attached hydrogens (tertiary/aromatic N) is 2. The van der Waals surface area contributed by atoms with Crippen molar-refractivity contribution in [2.24, 2.45) is 0 Å². The molecular weight excluding hydrogens is 206 g/mol. The molecule has 0 aliphatic heterocycles. The van der Waals surface area contributed by atoms with Gasteiger partial charge in [0.05, 0.1) is 11.6 Å². The summed E-state index contributed by atoms with van der Waals surface area (Å²) in [7, 11) is 0. The molecule has 0 amide bonds. The van der Waals surface area contributed by atoms with Gasteiger partial charge >= 0.3 is 0 Å². The molecule has 0 bridgehead atoms. The Kier molecular flexibility index (Phi) is 2.56. The largest absolute Gasteiger partial charge is 0.235 e. The summed E-state index contributed by atoms with van der Waals surface area (Å²) in [4.78, 5) is 6.71. The Balaban J connectivity index is 3.35. The fourth-order valence-electron chi connectivity index (χ4n) is 0.514. The molecule has 11 heavy (non-hydrogen) atoms. The lowest BCUT2D eigenvalue weighted by Gasteiger charge is -1.96. The smallest absolute Gasteiger partial charge is 0.225 e. The second-order valence-corrected chi connectivity index (χ2v) is 2.81. The van der Waals surface area contributed by atoms with E-state index in [1.54, 1.807) is 0 Å². The van der Waals surface area contributed by atoms with Crippen LogP contribution in [0.3, 0.4) is 0 Å². The molecule has 56 valence electrons. The third kappa shape index (κ3) is 1.75. The van der Waals surface area contributed by atoms with Crippen molar-refractivity contribution in [1.82, 2.24) is 4.98 Å². The molecule has 0 unspecified atom stereocenters. The molecule has 0 radical (unpaired) electrons. The van der Waals surface area contributed by atoms with Crippen LogP contribution in [0.5, 0.6) is 0 Å². The SMILES string of the molecule is [C-]#[N+]c1cc(Cl)c(Cl)nc1Cl. The molecule has 2 nitrogen and oxygen atoms in total. The average Bonchev–Trinajstić information content (AvgIpc) is 1.97. The van der Waals surface area contributed by atoms with Crippen LogP contribution in [0.4, 0.5) is 5.69 Å². The molecule has 0 saturated heterocycles. The van der Waals surface area contributed by atoms with E-state index in [0.717, 1.165) is 0 Å². The number of hydrogen-bond donors (Lipinski definition) is 0. The van der Waals surface area contributed by atoms with E-state index in [1.165, 1.54) is 6.07 Å². The molecule has 0 spiro atoms. The van der Waals surface area contributed by atoms with E-state index in [4.69, 9.17) is 41.4 Å². The summed E-state index contributed by atoms with van der Waals surface area (Å²) < 4.78 is 0. The number of halogens is 3. The van der Waals surface area contributed by atoms with Gasteiger partial charge in [-0.15, -0.1) is 0 Å². The van der Waals surface area contributed by atoms with Crippen molar-refractivity contribution in [3.05, 3.63) is 32.8 Å². The first kappa shape index (κ1) is 8.61. The van der Waals surface area contributed by atoms with Gasteiger partial charge in [0.15, 0.2) is 0 Å². The van der Waals surface area contributed by atoms with E-state index >= 15 is 0 Å². The third-order valence-corrected chi connectivity index (χ3v) is 1.94. The van der Waals surface area contributed by atoms with Crippen LogP contribution in [0.2, 0.25) is 15.3 Å². The van der Waals surface area contributed by atoms with E-state index in [-0.39, 0.29) is 21.0 Å². The van der Waals surface area contributed by atoms with Gasteiger partial charge in [0.1, 0.15) is 10.3 Å². The van der Waals surface area contributed by atoms with Crippen LogP contribution in [0.15, 0.2) is 6.07 Å². The highest BCUT2D eigenvalue weighted by Crippen LogP contribution is 2.30. The highest BCUT2D eigenvalue weighted by atomic mass is 35.5. The minimum Gasteiger partial charge on any atom is -0.235 e. The topological polar surface area (TPSA) is 17.2 Å². The molecule has 0 saturated carbocycles. The van der Waals surface area contributed by atoms with Gasteiger partial charge in [0, 0.05) is 0 Å². The minimum atomic E-state index is 0.0781. The first-order chi connectivity index (χ1) is 5.15. The summed E-state index contributed by atoms with van der Waals surface area (Å²) in [6.07, 6.45) is 0. The standard InChI is InChI=1S/C6HCl3N2/c1-10-4-2-3(7)5(8)11-6(4)9/h2H. The average molecular weight is 207 g/mol. The van der Waals surface area contributed by atoms with Gasteiger partial charge in [-0.1, -0.05) is 34.8 Å². The van der Waals surface area contributed by atoms with E-state index < -0.39 is 0 Å². The Bertz CT molecular complexity index is 329. The molecule has 1 aromatic rings. The predicted octanol–water partition coefficient (Wildman–Crippen LogP) is 3.59. The Morgan fingerprint density at radius 1 is 1.27 bits per heavy atom. The number of hydrogen-bond acceptors (Lipinski definition) is 1. The highest BCUT2D eigenvalue weighted by molar-refractivity contribution is 6.42. The number of pyridine rings is 1. The van der Waals surface area contributed by atoms with Crippen molar-refractivity contribution in [3.8, 4) is 0 Å². The second-order valence-electron chi connectivity index (χ2n) is 1.68. The molecule has 1 aromatic heterocycles. The van der Waals surface area contributed by atoms with Crippen LogP contribution >= 0.6 is 34.8 Å². The molecule has 0 atom stereocenters. The summed E-state index contributed by atoms with van der Waals surface area (Å²) in [6, 6.07) is 1.38. The molecule has 1 heterocycles. The predicted molar refractivity (Wildman–Crippen MR) is 45.5 cm³/mol. The summed E-state index contributed by atoms with van der Waals surface area (Å²) in [5.74, 6) is 0. The zero-order chi connectivity index (χ0) is 8.43. The Hall–Kier alpha value is -0.490. The second kappa shape index (κ2) is 3.27. The maximum absolute atomic E-state index is 6.65. The van der Waals surface area contributed by atoms with Crippen molar-refractivity contribution < 1.29 is 0 Å². The van der Waals surface area contributed by atoms with Gasteiger partial charge in [0.2, 0.25) is 5.69 Å². The fourth-order valence-corrected chi connectivity index (χ4v) is 1.02. The lowest BCUT2D eigenvalue weighted by Crippen LogP contribution is -1.77. The van der Waals surface area contributed by atoms with Crippen LogP contribution in [0.1, 0.15) is 0 Å². The summed E-state index contributed by atoms with van der Waals surface area (Å²) in [6.45, 7) is 6.65. The van der Waals surface area contributed by atoms with Gasteiger partial charge in [-0.05, 0) is 6.07 Å². The normalized spacial score (nSPS) is 9.27. The van der Waals surface area contributed by atoms with E-state index in [2.05, 4.69) is 9.83 Å². The zero-order valence-corrected chi connectivity index (χ0v) is 7.37. The lowest BCUT2D eigenvalue weighted by atomic mass is 10.4. The van der Waals surface area contributed by atoms with Gasteiger partial charge < -0.3 is 0 Å². The Morgan fingerprint density at radius 2 is 1.91 bits per heavy atom. The Morgan fingerprint density at radius 3 is 2.45 bits per heavy atom. The lowest BCUT2D eigenvalue weighted by molar-refractivity contribution is 1.34. The van der Waals surface area contributed by atoms with Crippen LogP contribution in [-0.4, -0.2) is 4.98 Å². The summed E-state index contributed by atoms with van der Waals surface area (Å²) in [5, 5.41) is 0.431. The molecular formula is C6HCl3N2. The first-order valence-corrected chi connectivity index (χ1v) is 3.67. The third-order valence-electron chi connectivity index (χ3n) is 0.989. The van der Waals surface area contributed by atoms with E-state index in [0.29, 0.717) is 0 Å². The van der Waals surface area contributed by atoms with Gasteiger partial charge in [-0.25, -0.2) is 9.83 Å². The van der Waals surface area contributed by atoms with Gasteiger partial charge in [-0.2, -0.15) is 0 Å². The minimum absolute atomic E-state index is 0.0781. The van der Waals surface area contributed by atoms with Crippen LogP contribution in [0, 0.1) is 6.57 Å². The maximum atomic E-state index is 6.65. The number of rotatable bonds is 0. The molecule has 5 heteroatoms. The van der Waals surface area contributed by atoms with Gasteiger partial charge in [-0.3, -0.25) is 0 Å². The summed E-state index contributed by atoms with van der Waals surface area (Å²) >= 11 is 16.6. The Labute approximate surface area is 78.5 Å².